The van der Waals surface area contributed by atoms with Gasteiger partial charge in [-0.1, -0.05) is 13.8 Å². The Morgan fingerprint density at radius 3 is 2.80 bits per heavy atom. The molecule has 1 aromatic heterocycles. The molecule has 0 aromatic carbocycles. The van der Waals surface area contributed by atoms with Gasteiger partial charge in [-0.15, -0.1) is 0 Å². The Hall–Kier alpha value is -1.62. The molecule has 1 fully saturated rings. The molecule has 2 heterocycles. The average Bonchev–Trinajstić information content (AvgIpc) is 2.44. The first-order valence-electron chi connectivity index (χ1n) is 7.10. The number of aromatic nitrogens is 1. The number of amides is 1. The Bertz CT molecular complexity index is 542. The molecule has 0 aliphatic carbocycles. The van der Waals surface area contributed by atoms with Crippen LogP contribution in [0.3, 0.4) is 0 Å². The zero-order chi connectivity index (χ0) is 14.8. The van der Waals surface area contributed by atoms with Crippen molar-refractivity contribution in [1.82, 2.24) is 9.88 Å². The molecule has 0 spiro atoms. The lowest BCUT2D eigenvalue weighted by molar-refractivity contribution is -0.127. The highest BCUT2D eigenvalue weighted by molar-refractivity contribution is 5.94. The fraction of sp³-hybridized carbons (Fsp3) is 0.600. The van der Waals surface area contributed by atoms with Gasteiger partial charge in [-0.3, -0.25) is 9.59 Å². The maximum absolute atomic E-state index is 12.5. The van der Waals surface area contributed by atoms with Crippen LogP contribution in [0, 0.1) is 11.3 Å². The molecule has 2 rings (SSSR count). The highest BCUT2D eigenvalue weighted by atomic mass is 16.2. The van der Waals surface area contributed by atoms with Crippen LogP contribution in [0.25, 0.3) is 0 Å². The minimum Gasteiger partial charge on any atom is -0.324 e. The van der Waals surface area contributed by atoms with Gasteiger partial charge in [0.2, 0.25) is 11.5 Å². The van der Waals surface area contributed by atoms with Gasteiger partial charge < -0.3 is 15.2 Å². The maximum Gasteiger partial charge on any atom is 0.250 e. The Labute approximate surface area is 119 Å². The predicted molar refractivity (Wildman–Crippen MR) is 79.7 cm³/mol. The van der Waals surface area contributed by atoms with Gasteiger partial charge >= 0.3 is 0 Å². The Morgan fingerprint density at radius 1 is 1.45 bits per heavy atom. The zero-order valence-corrected chi connectivity index (χ0v) is 12.4. The van der Waals surface area contributed by atoms with Crippen molar-refractivity contribution in [1.29, 1.82) is 0 Å². The van der Waals surface area contributed by atoms with Crippen LogP contribution < -0.4 is 16.2 Å². The van der Waals surface area contributed by atoms with Crippen LogP contribution in [0.4, 0.5) is 5.69 Å². The van der Waals surface area contributed by atoms with Crippen molar-refractivity contribution in [3.05, 3.63) is 28.7 Å². The molecule has 1 saturated heterocycles. The molecule has 1 amide bonds. The largest absolute Gasteiger partial charge is 0.324 e. The fourth-order valence-corrected chi connectivity index (χ4v) is 2.61. The van der Waals surface area contributed by atoms with Gasteiger partial charge in [0.15, 0.2) is 0 Å². The number of hydrogen-bond donors (Lipinski definition) is 2. The minimum absolute atomic E-state index is 0.00449. The van der Waals surface area contributed by atoms with E-state index in [0.29, 0.717) is 11.6 Å². The molecule has 2 N–H and O–H groups in total. The van der Waals surface area contributed by atoms with Gasteiger partial charge in [-0.25, -0.2) is 0 Å². The molecule has 110 valence electrons. The first kappa shape index (κ1) is 14.8. The normalized spacial score (nSPS) is 19.6. The summed E-state index contributed by atoms with van der Waals surface area (Å²) in [5.41, 5.74) is 0.148. The van der Waals surface area contributed by atoms with Crippen molar-refractivity contribution in [3.8, 4) is 0 Å². The first-order chi connectivity index (χ1) is 9.41. The SMILES string of the molecule is Cn1cc(NC(=O)C(C)(C)C2CCCNC2)ccc1=O. The van der Waals surface area contributed by atoms with Gasteiger partial charge in [0.1, 0.15) is 0 Å². The summed E-state index contributed by atoms with van der Waals surface area (Å²) in [4.78, 5) is 23.8. The topological polar surface area (TPSA) is 63.1 Å². The maximum atomic E-state index is 12.5. The summed E-state index contributed by atoms with van der Waals surface area (Å²) in [6.07, 6.45) is 3.83. The second-order valence-corrected chi connectivity index (χ2v) is 6.09. The summed E-state index contributed by atoms with van der Waals surface area (Å²) < 4.78 is 1.46. The molecule has 1 atom stereocenters. The van der Waals surface area contributed by atoms with E-state index in [1.165, 1.54) is 10.6 Å². The third-order valence-electron chi connectivity index (χ3n) is 4.25. The summed E-state index contributed by atoms with van der Waals surface area (Å²) in [6.45, 7) is 5.90. The van der Waals surface area contributed by atoms with E-state index in [0.717, 1.165) is 25.9 Å². The molecule has 20 heavy (non-hydrogen) atoms. The molecule has 0 bridgehead atoms. The number of pyridine rings is 1. The van der Waals surface area contributed by atoms with Crippen molar-refractivity contribution in [2.45, 2.75) is 26.7 Å². The number of nitrogens with zero attached hydrogens (tertiary/aromatic N) is 1. The van der Waals surface area contributed by atoms with E-state index >= 15 is 0 Å². The number of nitrogens with one attached hydrogen (secondary N) is 2. The van der Waals surface area contributed by atoms with E-state index in [1.54, 1.807) is 19.3 Å². The number of carbonyl (C=O) groups is 1. The summed E-state index contributed by atoms with van der Waals surface area (Å²) in [5.74, 6) is 0.341. The standard InChI is InChI=1S/C15H23N3O2/c1-15(2,11-5-4-8-16-9-11)14(20)17-12-6-7-13(19)18(3)10-12/h6-7,10-11,16H,4-5,8-9H2,1-3H3,(H,17,20). The molecular weight excluding hydrogens is 254 g/mol. The average molecular weight is 277 g/mol. The van der Waals surface area contributed by atoms with Crippen LogP contribution in [0.15, 0.2) is 23.1 Å². The first-order valence-corrected chi connectivity index (χ1v) is 7.10. The monoisotopic (exact) mass is 277 g/mol. The third kappa shape index (κ3) is 3.10. The zero-order valence-electron chi connectivity index (χ0n) is 12.4. The van der Waals surface area contributed by atoms with Crippen LogP contribution in [-0.2, 0) is 11.8 Å². The molecule has 1 aliphatic rings. The van der Waals surface area contributed by atoms with E-state index in [9.17, 15) is 9.59 Å². The summed E-state index contributed by atoms with van der Waals surface area (Å²) in [6, 6.07) is 3.11. The Kier molecular flexibility index (Phi) is 4.28. The van der Waals surface area contributed by atoms with Crippen molar-refractivity contribution >= 4 is 11.6 Å². The van der Waals surface area contributed by atoms with Gasteiger partial charge in [0.25, 0.3) is 0 Å². The fourth-order valence-electron chi connectivity index (χ4n) is 2.61. The number of anilines is 1. The van der Waals surface area contributed by atoms with Crippen LogP contribution in [-0.4, -0.2) is 23.6 Å². The highest BCUT2D eigenvalue weighted by Crippen LogP contribution is 2.32. The number of hydrogen-bond acceptors (Lipinski definition) is 3. The number of rotatable bonds is 3. The van der Waals surface area contributed by atoms with E-state index in [2.05, 4.69) is 10.6 Å². The van der Waals surface area contributed by atoms with Gasteiger partial charge in [0.05, 0.1) is 5.69 Å². The quantitative estimate of drug-likeness (QED) is 0.876. The molecule has 1 unspecified atom stereocenters. The third-order valence-corrected chi connectivity index (χ3v) is 4.25. The summed E-state index contributed by atoms with van der Waals surface area (Å²) >= 11 is 0. The molecule has 5 heteroatoms. The van der Waals surface area contributed by atoms with E-state index in [4.69, 9.17) is 0 Å². The molecule has 0 saturated carbocycles. The minimum atomic E-state index is -0.428. The van der Waals surface area contributed by atoms with Crippen molar-refractivity contribution in [2.24, 2.45) is 18.4 Å². The van der Waals surface area contributed by atoms with Crippen molar-refractivity contribution in [2.75, 3.05) is 18.4 Å². The summed E-state index contributed by atoms with van der Waals surface area (Å²) in [5, 5.41) is 6.27. The molecular formula is C15H23N3O2. The smallest absolute Gasteiger partial charge is 0.250 e. The van der Waals surface area contributed by atoms with Crippen LogP contribution in [0.1, 0.15) is 26.7 Å². The number of carbonyl (C=O) groups excluding carboxylic acids is 1. The molecule has 1 aliphatic heterocycles. The number of piperidine rings is 1. The van der Waals surface area contributed by atoms with Gasteiger partial charge in [-0.2, -0.15) is 0 Å². The summed E-state index contributed by atoms with van der Waals surface area (Å²) in [7, 11) is 1.67. The predicted octanol–water partition coefficient (Wildman–Crippen LogP) is 1.35. The Balaban J connectivity index is 2.09. The molecule has 0 radical (unpaired) electrons. The molecule has 5 nitrogen and oxygen atoms in total. The lowest BCUT2D eigenvalue weighted by Gasteiger charge is -2.36. The van der Waals surface area contributed by atoms with E-state index < -0.39 is 5.41 Å². The lowest BCUT2D eigenvalue weighted by atomic mass is 9.74. The Morgan fingerprint density at radius 2 is 2.20 bits per heavy atom. The van der Waals surface area contributed by atoms with Gasteiger partial charge in [0, 0.05) is 24.7 Å². The van der Waals surface area contributed by atoms with Crippen LogP contribution >= 0.6 is 0 Å². The van der Waals surface area contributed by atoms with E-state index in [1.807, 2.05) is 13.8 Å². The van der Waals surface area contributed by atoms with Crippen LogP contribution in [0.2, 0.25) is 0 Å². The molecule has 1 aromatic rings. The lowest BCUT2D eigenvalue weighted by Crippen LogP contribution is -2.44. The van der Waals surface area contributed by atoms with Crippen molar-refractivity contribution in [3.63, 3.8) is 0 Å². The van der Waals surface area contributed by atoms with Crippen LogP contribution in [0.5, 0.6) is 0 Å². The van der Waals surface area contributed by atoms with Gasteiger partial charge in [-0.05, 0) is 37.9 Å². The van der Waals surface area contributed by atoms with E-state index in [-0.39, 0.29) is 11.5 Å². The van der Waals surface area contributed by atoms with Crippen molar-refractivity contribution < 1.29 is 4.79 Å². The second-order valence-electron chi connectivity index (χ2n) is 6.09. The second kappa shape index (κ2) is 5.79. The number of aryl methyl sites for hydroxylation is 1. The highest BCUT2D eigenvalue weighted by Gasteiger charge is 2.37.